The van der Waals surface area contributed by atoms with Crippen LogP contribution in [0.25, 0.3) is 0 Å². The van der Waals surface area contributed by atoms with E-state index in [1.165, 1.54) is 32.1 Å². The second kappa shape index (κ2) is 5.03. The maximum Gasteiger partial charge on any atom is 0.333 e. The van der Waals surface area contributed by atoms with E-state index in [0.29, 0.717) is 5.57 Å². The summed E-state index contributed by atoms with van der Waals surface area (Å²) in [5.74, 6) is 1.51. The predicted octanol–water partition coefficient (Wildman–Crippen LogP) is 3.46. The van der Waals surface area contributed by atoms with E-state index in [1.807, 2.05) is 0 Å². The van der Waals surface area contributed by atoms with Crippen LogP contribution in [-0.4, -0.2) is 12.1 Å². The first kappa shape index (κ1) is 11.7. The van der Waals surface area contributed by atoms with E-state index in [-0.39, 0.29) is 12.1 Å². The highest BCUT2D eigenvalue weighted by molar-refractivity contribution is 5.87. The first-order valence-electron chi connectivity index (χ1n) is 6.53. The highest BCUT2D eigenvalue weighted by Gasteiger charge is 2.33. The fourth-order valence-electron chi connectivity index (χ4n) is 3.19. The van der Waals surface area contributed by atoms with Gasteiger partial charge in [0.15, 0.2) is 0 Å². The molecule has 3 atom stereocenters. The molecule has 0 aromatic rings. The van der Waals surface area contributed by atoms with Crippen molar-refractivity contribution in [2.24, 2.45) is 11.8 Å². The normalized spacial score (nSPS) is 33.9. The number of ether oxygens (including phenoxy) is 1. The van der Waals surface area contributed by atoms with Gasteiger partial charge in [-0.3, -0.25) is 0 Å². The molecule has 0 aromatic heterocycles. The first-order chi connectivity index (χ1) is 7.66. The van der Waals surface area contributed by atoms with Crippen molar-refractivity contribution in [2.45, 2.75) is 58.0 Å². The van der Waals surface area contributed by atoms with Crippen molar-refractivity contribution in [2.75, 3.05) is 0 Å². The van der Waals surface area contributed by atoms with Gasteiger partial charge in [-0.1, -0.05) is 32.3 Å². The second-order valence-electron chi connectivity index (χ2n) is 5.43. The first-order valence-corrected chi connectivity index (χ1v) is 6.53. The molecule has 2 nitrogen and oxygen atoms in total. The third kappa shape index (κ3) is 2.66. The highest BCUT2D eigenvalue weighted by Crippen LogP contribution is 2.41. The number of esters is 1. The van der Waals surface area contributed by atoms with Crippen LogP contribution in [0.3, 0.4) is 0 Å². The minimum absolute atomic E-state index is 0.156. The van der Waals surface area contributed by atoms with Gasteiger partial charge < -0.3 is 4.74 Å². The molecule has 0 aliphatic heterocycles. The second-order valence-corrected chi connectivity index (χ2v) is 5.43. The predicted molar refractivity (Wildman–Crippen MR) is 64.0 cm³/mol. The molecule has 0 aromatic carbocycles. The minimum Gasteiger partial charge on any atom is -0.459 e. The van der Waals surface area contributed by atoms with E-state index in [0.717, 1.165) is 24.7 Å². The molecule has 0 bridgehead atoms. The van der Waals surface area contributed by atoms with Crippen molar-refractivity contribution in [1.29, 1.82) is 0 Å². The van der Waals surface area contributed by atoms with Crippen LogP contribution in [0.2, 0.25) is 0 Å². The number of hydrogen-bond donors (Lipinski definition) is 0. The molecule has 2 aliphatic rings. The Balaban J connectivity index is 1.85. The van der Waals surface area contributed by atoms with Gasteiger partial charge in [0.25, 0.3) is 0 Å². The van der Waals surface area contributed by atoms with E-state index in [9.17, 15) is 4.79 Å². The lowest BCUT2D eigenvalue weighted by atomic mass is 9.70. The van der Waals surface area contributed by atoms with E-state index >= 15 is 0 Å². The molecule has 16 heavy (non-hydrogen) atoms. The van der Waals surface area contributed by atoms with Crippen molar-refractivity contribution in [1.82, 2.24) is 0 Å². The Morgan fingerprint density at radius 3 is 2.50 bits per heavy atom. The van der Waals surface area contributed by atoms with E-state index in [4.69, 9.17) is 4.74 Å². The topological polar surface area (TPSA) is 26.3 Å². The summed E-state index contributed by atoms with van der Waals surface area (Å²) in [6.07, 6.45) is 9.04. The summed E-state index contributed by atoms with van der Waals surface area (Å²) in [5, 5.41) is 0. The third-order valence-corrected chi connectivity index (χ3v) is 4.11. The molecule has 2 fully saturated rings. The zero-order valence-corrected chi connectivity index (χ0v) is 10.2. The zero-order chi connectivity index (χ0) is 11.5. The summed E-state index contributed by atoms with van der Waals surface area (Å²) in [4.78, 5) is 11.4. The number of hydrogen-bond acceptors (Lipinski definition) is 2. The average molecular weight is 222 g/mol. The van der Waals surface area contributed by atoms with Gasteiger partial charge >= 0.3 is 5.97 Å². The monoisotopic (exact) mass is 222 g/mol. The quantitative estimate of drug-likeness (QED) is 0.528. The van der Waals surface area contributed by atoms with Crippen LogP contribution in [0.15, 0.2) is 12.2 Å². The minimum atomic E-state index is -0.209. The molecule has 0 heterocycles. The molecule has 2 heteroatoms. The molecule has 90 valence electrons. The van der Waals surface area contributed by atoms with Crippen LogP contribution in [-0.2, 0) is 9.53 Å². The molecular weight excluding hydrogens is 200 g/mol. The maximum atomic E-state index is 11.4. The van der Waals surface area contributed by atoms with Gasteiger partial charge in [0.1, 0.15) is 6.10 Å². The van der Waals surface area contributed by atoms with Gasteiger partial charge in [-0.05, 0) is 38.0 Å². The lowest BCUT2D eigenvalue weighted by Crippen LogP contribution is -2.33. The van der Waals surface area contributed by atoms with Crippen molar-refractivity contribution in [3.8, 4) is 0 Å². The average Bonchev–Trinajstić information content (AvgIpc) is 2.28. The molecule has 0 N–H and O–H groups in total. The summed E-state index contributed by atoms with van der Waals surface area (Å²) in [5.41, 5.74) is 0.519. The number of fused-ring (bicyclic) bond motifs is 1. The number of carbonyl (C=O) groups is 1. The van der Waals surface area contributed by atoms with Crippen LogP contribution < -0.4 is 0 Å². The Morgan fingerprint density at radius 2 is 1.81 bits per heavy atom. The highest BCUT2D eigenvalue weighted by atomic mass is 16.5. The van der Waals surface area contributed by atoms with Crippen LogP contribution >= 0.6 is 0 Å². The smallest absolute Gasteiger partial charge is 0.333 e. The molecule has 2 rings (SSSR count). The number of carbonyl (C=O) groups excluding carboxylic acids is 1. The van der Waals surface area contributed by atoms with Crippen molar-refractivity contribution in [3.05, 3.63) is 12.2 Å². The summed E-state index contributed by atoms with van der Waals surface area (Å²) >= 11 is 0. The van der Waals surface area contributed by atoms with Gasteiger partial charge in [-0.25, -0.2) is 4.79 Å². The Morgan fingerprint density at radius 1 is 1.12 bits per heavy atom. The van der Waals surface area contributed by atoms with Gasteiger partial charge in [0, 0.05) is 5.57 Å². The van der Waals surface area contributed by atoms with Crippen molar-refractivity contribution >= 4 is 5.97 Å². The largest absolute Gasteiger partial charge is 0.459 e. The van der Waals surface area contributed by atoms with E-state index in [1.54, 1.807) is 6.92 Å². The standard InChI is InChI=1S/C14H22O2/c1-10(2)14(15)16-13-8-7-11-5-3-4-6-12(11)9-13/h11-13H,1,3-9H2,2H3/t11-,12-,13-/m1/s1. The summed E-state index contributed by atoms with van der Waals surface area (Å²) in [6.45, 7) is 5.34. The van der Waals surface area contributed by atoms with E-state index in [2.05, 4.69) is 6.58 Å². The Labute approximate surface area is 98.1 Å². The lowest BCUT2D eigenvalue weighted by molar-refractivity contribution is -0.147. The van der Waals surface area contributed by atoms with Crippen molar-refractivity contribution < 1.29 is 9.53 Å². The molecule has 2 saturated carbocycles. The Kier molecular flexibility index (Phi) is 3.67. The van der Waals surface area contributed by atoms with Crippen LogP contribution in [0.1, 0.15) is 51.9 Å². The maximum absolute atomic E-state index is 11.4. The van der Waals surface area contributed by atoms with Gasteiger partial charge in [-0.2, -0.15) is 0 Å². The fourth-order valence-corrected chi connectivity index (χ4v) is 3.19. The summed E-state index contributed by atoms with van der Waals surface area (Å²) in [7, 11) is 0. The molecular formula is C14H22O2. The summed E-state index contributed by atoms with van der Waals surface area (Å²) < 4.78 is 5.46. The van der Waals surface area contributed by atoms with Crippen LogP contribution in [0.4, 0.5) is 0 Å². The van der Waals surface area contributed by atoms with Gasteiger partial charge in [0.2, 0.25) is 0 Å². The molecule has 0 amide bonds. The third-order valence-electron chi connectivity index (χ3n) is 4.11. The van der Waals surface area contributed by atoms with Gasteiger partial charge in [-0.15, -0.1) is 0 Å². The van der Waals surface area contributed by atoms with E-state index < -0.39 is 0 Å². The molecule has 0 unspecified atom stereocenters. The van der Waals surface area contributed by atoms with Gasteiger partial charge in [0.05, 0.1) is 0 Å². The molecule has 0 saturated heterocycles. The van der Waals surface area contributed by atoms with Crippen molar-refractivity contribution in [3.63, 3.8) is 0 Å². The fraction of sp³-hybridized carbons (Fsp3) is 0.786. The Hall–Kier alpha value is -0.790. The SMILES string of the molecule is C=C(C)C(=O)O[C@@H]1CC[C@H]2CCCC[C@@H]2C1. The summed E-state index contributed by atoms with van der Waals surface area (Å²) in [6, 6.07) is 0. The van der Waals surface area contributed by atoms with Crippen LogP contribution in [0, 0.1) is 11.8 Å². The molecule has 0 spiro atoms. The molecule has 0 radical (unpaired) electrons. The Bertz CT molecular complexity index is 282. The zero-order valence-electron chi connectivity index (χ0n) is 10.2. The van der Waals surface area contributed by atoms with Crippen LogP contribution in [0.5, 0.6) is 0 Å². The lowest BCUT2D eigenvalue weighted by Gasteiger charge is -2.38. The number of rotatable bonds is 2. The molecule has 2 aliphatic carbocycles.